The topological polar surface area (TPSA) is 52.6 Å². The number of carbonyl (C=O) groups excluding carboxylic acids is 2. The number of ether oxygens (including phenoxy) is 2. The van der Waals surface area contributed by atoms with Gasteiger partial charge in [0.05, 0.1) is 11.8 Å². The molecule has 17 heavy (non-hydrogen) atoms. The molecule has 0 saturated heterocycles. The second kappa shape index (κ2) is 4.30. The van der Waals surface area contributed by atoms with Gasteiger partial charge in [0.25, 0.3) is 0 Å². The van der Waals surface area contributed by atoms with Crippen molar-refractivity contribution in [2.24, 2.45) is 17.8 Å². The predicted octanol–water partition coefficient (Wildman–Crippen LogP) is 1.68. The van der Waals surface area contributed by atoms with E-state index in [1.807, 2.05) is 6.08 Å². The third-order valence-corrected chi connectivity index (χ3v) is 4.65. The average molecular weight is 303 g/mol. The van der Waals surface area contributed by atoms with Gasteiger partial charge in [-0.3, -0.25) is 9.59 Å². The Kier molecular flexibility index (Phi) is 3.27. The lowest BCUT2D eigenvalue weighted by Crippen LogP contribution is -2.60. The summed E-state index contributed by atoms with van der Waals surface area (Å²) in [7, 11) is 2.93. The normalized spacial score (nSPS) is 34.7. The van der Waals surface area contributed by atoms with Crippen LogP contribution in [0.2, 0.25) is 0 Å². The Hall–Kier alpha value is -0.520. The number of allylic oxidation sites excluding steroid dienone is 1. The summed E-state index contributed by atoms with van der Waals surface area (Å²) in [5.41, 5.74) is 0. The Balaban J connectivity index is 2.47. The zero-order chi connectivity index (χ0) is 12.8. The summed E-state index contributed by atoms with van der Waals surface area (Å²) in [6, 6.07) is 0. The van der Waals surface area contributed by atoms with E-state index in [1.54, 1.807) is 0 Å². The lowest BCUT2D eigenvalue weighted by Gasteiger charge is -2.48. The average Bonchev–Trinajstić information content (AvgIpc) is 2.31. The van der Waals surface area contributed by atoms with Gasteiger partial charge in [0.2, 0.25) is 5.79 Å². The monoisotopic (exact) mass is 302 g/mol. The fourth-order valence-corrected chi connectivity index (χ4v) is 3.68. The lowest BCUT2D eigenvalue weighted by molar-refractivity contribution is -0.239. The van der Waals surface area contributed by atoms with Crippen molar-refractivity contribution in [3.8, 4) is 0 Å². The summed E-state index contributed by atoms with van der Waals surface area (Å²) < 4.78 is 11.5. The van der Waals surface area contributed by atoms with E-state index in [0.717, 1.165) is 4.48 Å². The van der Waals surface area contributed by atoms with Crippen molar-refractivity contribution >= 4 is 27.5 Å². The molecule has 0 heterocycles. The molecule has 5 heteroatoms. The van der Waals surface area contributed by atoms with Gasteiger partial charge in [0.1, 0.15) is 5.78 Å². The summed E-state index contributed by atoms with van der Waals surface area (Å²) >= 11 is 3.44. The molecule has 0 N–H and O–H groups in total. The second-order valence-electron chi connectivity index (χ2n) is 4.52. The largest absolute Gasteiger partial charge is 0.346 e. The third-order valence-electron chi connectivity index (χ3n) is 3.83. The van der Waals surface area contributed by atoms with Gasteiger partial charge in [0.15, 0.2) is 5.78 Å². The smallest absolute Gasteiger partial charge is 0.236 e. The Morgan fingerprint density at radius 1 is 1.47 bits per heavy atom. The highest BCUT2D eigenvalue weighted by atomic mass is 79.9. The Morgan fingerprint density at radius 2 is 2.06 bits per heavy atom. The van der Waals surface area contributed by atoms with Crippen LogP contribution in [0.4, 0.5) is 0 Å². The van der Waals surface area contributed by atoms with Crippen LogP contribution in [0.1, 0.15) is 13.3 Å². The van der Waals surface area contributed by atoms with E-state index in [9.17, 15) is 9.59 Å². The lowest BCUT2D eigenvalue weighted by atomic mass is 9.63. The van der Waals surface area contributed by atoms with Crippen LogP contribution in [0, 0.1) is 17.8 Å². The standard InChI is InChI=1S/C12H15BrO4/c1-6(14)7-4-9-10(13)5-8(7)11(15)12(9,16-2)17-3/h5,7-9H,4H2,1-3H3/t7-,8+,9+/m1/s1. The highest BCUT2D eigenvalue weighted by Crippen LogP contribution is 2.51. The summed E-state index contributed by atoms with van der Waals surface area (Å²) in [5.74, 6) is -2.25. The van der Waals surface area contributed by atoms with Gasteiger partial charge in [-0.15, -0.1) is 0 Å². The van der Waals surface area contributed by atoms with Gasteiger partial charge >= 0.3 is 0 Å². The van der Waals surface area contributed by atoms with Crippen molar-refractivity contribution in [3.63, 3.8) is 0 Å². The van der Waals surface area contributed by atoms with Crippen LogP contribution in [0.15, 0.2) is 10.6 Å². The van der Waals surface area contributed by atoms with Crippen molar-refractivity contribution < 1.29 is 19.1 Å². The van der Waals surface area contributed by atoms with Crippen molar-refractivity contribution in [2.45, 2.75) is 19.1 Å². The molecular weight excluding hydrogens is 288 g/mol. The molecule has 4 nitrogen and oxygen atoms in total. The Labute approximate surface area is 108 Å². The first-order valence-corrected chi connectivity index (χ1v) is 6.29. The number of Topliss-reactive ketones (excluding diaryl/α,β-unsaturated/α-hetero) is 2. The fourth-order valence-electron chi connectivity index (χ4n) is 2.90. The number of carbonyl (C=O) groups is 2. The molecule has 0 aromatic rings. The first kappa shape index (κ1) is 12.9. The maximum atomic E-state index is 12.4. The van der Waals surface area contributed by atoms with Crippen LogP contribution in [0.5, 0.6) is 0 Å². The molecule has 1 fully saturated rings. The summed E-state index contributed by atoms with van der Waals surface area (Å²) in [6.07, 6.45) is 2.41. The second-order valence-corrected chi connectivity index (χ2v) is 5.44. The highest BCUT2D eigenvalue weighted by Gasteiger charge is 2.60. The zero-order valence-corrected chi connectivity index (χ0v) is 11.6. The molecule has 3 aliphatic rings. The van der Waals surface area contributed by atoms with Crippen molar-refractivity contribution in [2.75, 3.05) is 14.2 Å². The number of halogens is 1. The van der Waals surface area contributed by atoms with Gasteiger partial charge in [-0.1, -0.05) is 22.0 Å². The number of rotatable bonds is 3. The van der Waals surface area contributed by atoms with Crippen LogP contribution in [0.25, 0.3) is 0 Å². The zero-order valence-electron chi connectivity index (χ0n) is 10.0. The van der Waals surface area contributed by atoms with E-state index in [1.165, 1.54) is 21.1 Å². The molecule has 3 aliphatic carbocycles. The van der Waals surface area contributed by atoms with Gasteiger partial charge in [-0.2, -0.15) is 0 Å². The number of fused-ring (bicyclic) bond motifs is 2. The van der Waals surface area contributed by atoms with E-state index in [0.29, 0.717) is 6.42 Å². The number of hydrogen-bond acceptors (Lipinski definition) is 4. The van der Waals surface area contributed by atoms with E-state index >= 15 is 0 Å². The number of hydrogen-bond donors (Lipinski definition) is 0. The number of ketones is 2. The third kappa shape index (κ3) is 1.63. The van der Waals surface area contributed by atoms with Crippen molar-refractivity contribution in [1.29, 1.82) is 0 Å². The molecule has 0 unspecified atom stereocenters. The first-order chi connectivity index (χ1) is 7.97. The van der Waals surface area contributed by atoms with Gasteiger partial charge in [-0.25, -0.2) is 0 Å². The van der Waals surface area contributed by atoms with Crippen LogP contribution >= 0.6 is 15.9 Å². The van der Waals surface area contributed by atoms with Crippen LogP contribution in [-0.2, 0) is 19.1 Å². The molecule has 0 amide bonds. The highest BCUT2D eigenvalue weighted by molar-refractivity contribution is 9.11. The molecule has 3 atom stereocenters. The minimum atomic E-state index is -1.23. The Bertz CT molecular complexity index is 397. The maximum Gasteiger partial charge on any atom is 0.236 e. The molecule has 0 aliphatic heterocycles. The molecule has 3 rings (SSSR count). The fraction of sp³-hybridized carbons (Fsp3) is 0.667. The van der Waals surface area contributed by atoms with Gasteiger partial charge in [-0.05, 0) is 13.3 Å². The van der Waals surface area contributed by atoms with E-state index in [2.05, 4.69) is 15.9 Å². The van der Waals surface area contributed by atoms with Crippen LogP contribution in [0.3, 0.4) is 0 Å². The van der Waals surface area contributed by atoms with Crippen LogP contribution in [-0.4, -0.2) is 31.6 Å². The summed E-state index contributed by atoms with van der Waals surface area (Å²) in [6.45, 7) is 1.53. The van der Waals surface area contributed by atoms with E-state index in [-0.39, 0.29) is 23.4 Å². The molecule has 2 bridgehead atoms. The quantitative estimate of drug-likeness (QED) is 0.744. The van der Waals surface area contributed by atoms with Crippen molar-refractivity contribution in [3.05, 3.63) is 10.6 Å². The SMILES string of the molecule is COC1(OC)C(=O)[C@H]2C=C(Br)[C@@H]1C[C@@H]2C(C)=O. The van der Waals surface area contributed by atoms with E-state index in [4.69, 9.17) is 9.47 Å². The van der Waals surface area contributed by atoms with Gasteiger partial charge < -0.3 is 9.47 Å². The predicted molar refractivity (Wildman–Crippen MR) is 64.5 cm³/mol. The van der Waals surface area contributed by atoms with Crippen molar-refractivity contribution in [1.82, 2.24) is 0 Å². The molecule has 0 spiro atoms. The first-order valence-electron chi connectivity index (χ1n) is 5.50. The number of methoxy groups -OCH3 is 2. The molecule has 1 saturated carbocycles. The molecule has 94 valence electrons. The Morgan fingerprint density at radius 3 is 2.53 bits per heavy atom. The van der Waals surface area contributed by atoms with E-state index < -0.39 is 11.7 Å². The van der Waals surface area contributed by atoms with Crippen LogP contribution < -0.4 is 0 Å². The minimum absolute atomic E-state index is 0.0467. The molecule has 0 radical (unpaired) electrons. The molecule has 0 aromatic heterocycles. The molecular formula is C12H15BrO4. The van der Waals surface area contributed by atoms with Gasteiger partial charge in [0, 0.05) is 24.6 Å². The summed E-state index contributed by atoms with van der Waals surface area (Å²) in [5, 5.41) is 0. The molecule has 0 aromatic carbocycles. The maximum absolute atomic E-state index is 12.4. The minimum Gasteiger partial charge on any atom is -0.346 e. The summed E-state index contributed by atoms with van der Waals surface area (Å²) in [4.78, 5) is 23.9.